The molecule has 0 saturated carbocycles. The van der Waals surface area contributed by atoms with Gasteiger partial charge in [-0.15, -0.1) is 5.10 Å². The molecule has 2 aromatic heterocycles. The number of aryl methyl sites for hydroxylation is 2. The van der Waals surface area contributed by atoms with Gasteiger partial charge in [0.2, 0.25) is 0 Å². The lowest BCUT2D eigenvalue weighted by molar-refractivity contribution is 0.0693. The van der Waals surface area contributed by atoms with E-state index in [9.17, 15) is 9.90 Å². The molecule has 118 valence electrons. The van der Waals surface area contributed by atoms with E-state index >= 15 is 0 Å². The quantitative estimate of drug-likeness (QED) is 0.742. The molecule has 1 aromatic carbocycles. The second-order valence-electron chi connectivity index (χ2n) is 4.86. The van der Waals surface area contributed by atoms with Crippen molar-refractivity contribution in [3.05, 3.63) is 48.4 Å². The van der Waals surface area contributed by atoms with Crippen molar-refractivity contribution < 1.29 is 14.6 Å². The Hall–Kier alpha value is -3.16. The summed E-state index contributed by atoms with van der Waals surface area (Å²) in [5.74, 6) is -0.734. The fourth-order valence-electron chi connectivity index (χ4n) is 2.21. The van der Waals surface area contributed by atoms with Crippen molar-refractivity contribution in [2.45, 2.75) is 13.1 Å². The highest BCUT2D eigenvalue weighted by Crippen LogP contribution is 2.25. The van der Waals surface area contributed by atoms with Gasteiger partial charge >= 0.3 is 5.97 Å². The predicted octanol–water partition coefficient (Wildman–Crippen LogP) is 1.55. The minimum Gasteiger partial charge on any atom is -0.496 e. The van der Waals surface area contributed by atoms with Crippen LogP contribution >= 0.6 is 0 Å². The predicted molar refractivity (Wildman–Crippen MR) is 81.2 cm³/mol. The standard InChI is InChI=1S/C15H15N5O3/c1-23-14-4-3-11(9-12(14)15(21)22)13-10-20(18-17-13)8-7-19-6-2-5-16-19/h2-6,9-10H,7-8H2,1H3,(H,21,22). The maximum absolute atomic E-state index is 11.3. The summed E-state index contributed by atoms with van der Waals surface area (Å²) in [6.07, 6.45) is 5.37. The number of carboxylic acid groups (broad SMARTS) is 1. The van der Waals surface area contributed by atoms with Gasteiger partial charge in [-0.05, 0) is 24.3 Å². The van der Waals surface area contributed by atoms with Crippen LogP contribution in [0.5, 0.6) is 5.75 Å². The molecule has 0 unspecified atom stereocenters. The number of methoxy groups -OCH3 is 1. The number of carboxylic acids is 1. The van der Waals surface area contributed by atoms with E-state index in [4.69, 9.17) is 4.74 Å². The molecule has 0 amide bonds. The maximum atomic E-state index is 11.3. The first kappa shape index (κ1) is 14.8. The molecule has 1 N–H and O–H groups in total. The van der Waals surface area contributed by atoms with E-state index in [1.165, 1.54) is 13.2 Å². The summed E-state index contributed by atoms with van der Waals surface area (Å²) in [4.78, 5) is 11.3. The van der Waals surface area contributed by atoms with Gasteiger partial charge < -0.3 is 9.84 Å². The minimum atomic E-state index is -1.05. The van der Waals surface area contributed by atoms with Crippen LogP contribution in [0.25, 0.3) is 11.3 Å². The summed E-state index contributed by atoms with van der Waals surface area (Å²) < 4.78 is 8.55. The van der Waals surface area contributed by atoms with Crippen LogP contribution in [0.2, 0.25) is 0 Å². The SMILES string of the molecule is COc1ccc(-c2cn(CCn3cccn3)nn2)cc1C(=O)O. The highest BCUT2D eigenvalue weighted by molar-refractivity contribution is 5.92. The third-order valence-electron chi connectivity index (χ3n) is 3.38. The molecule has 0 aliphatic heterocycles. The zero-order valence-electron chi connectivity index (χ0n) is 12.5. The number of benzene rings is 1. The van der Waals surface area contributed by atoms with Gasteiger partial charge in [-0.3, -0.25) is 9.36 Å². The first-order valence-electron chi connectivity index (χ1n) is 6.96. The maximum Gasteiger partial charge on any atom is 0.339 e. The molecule has 2 heterocycles. The normalized spacial score (nSPS) is 10.7. The summed E-state index contributed by atoms with van der Waals surface area (Å²) in [7, 11) is 1.44. The zero-order chi connectivity index (χ0) is 16.2. The monoisotopic (exact) mass is 313 g/mol. The molecule has 0 saturated heterocycles. The Morgan fingerprint density at radius 1 is 1.30 bits per heavy atom. The molecule has 0 aliphatic carbocycles. The zero-order valence-corrected chi connectivity index (χ0v) is 12.5. The summed E-state index contributed by atoms with van der Waals surface area (Å²) in [6, 6.07) is 6.76. The van der Waals surface area contributed by atoms with E-state index in [2.05, 4.69) is 15.4 Å². The molecular formula is C15H15N5O3. The van der Waals surface area contributed by atoms with Gasteiger partial charge in [0.25, 0.3) is 0 Å². The lowest BCUT2D eigenvalue weighted by Gasteiger charge is -2.05. The molecule has 0 spiro atoms. The van der Waals surface area contributed by atoms with Gasteiger partial charge in [-0.1, -0.05) is 5.21 Å². The fourth-order valence-corrected chi connectivity index (χ4v) is 2.21. The van der Waals surface area contributed by atoms with E-state index < -0.39 is 5.97 Å². The van der Waals surface area contributed by atoms with Crippen molar-refractivity contribution in [3.8, 4) is 17.0 Å². The number of carbonyl (C=O) groups is 1. The average Bonchev–Trinajstić information content (AvgIpc) is 3.23. The van der Waals surface area contributed by atoms with E-state index in [1.807, 2.05) is 12.3 Å². The molecule has 8 nitrogen and oxygen atoms in total. The molecular weight excluding hydrogens is 298 g/mol. The fraction of sp³-hybridized carbons (Fsp3) is 0.200. The van der Waals surface area contributed by atoms with Gasteiger partial charge in [0, 0.05) is 18.0 Å². The molecule has 0 bridgehead atoms. The molecule has 23 heavy (non-hydrogen) atoms. The van der Waals surface area contributed by atoms with Crippen LogP contribution in [0, 0.1) is 0 Å². The Balaban J connectivity index is 1.79. The molecule has 0 radical (unpaired) electrons. The van der Waals surface area contributed by atoms with Gasteiger partial charge in [0.05, 0.1) is 26.4 Å². The second-order valence-corrected chi connectivity index (χ2v) is 4.86. The Morgan fingerprint density at radius 3 is 2.83 bits per heavy atom. The lowest BCUT2D eigenvalue weighted by Crippen LogP contribution is -2.08. The van der Waals surface area contributed by atoms with E-state index in [-0.39, 0.29) is 5.56 Å². The first-order valence-corrected chi connectivity index (χ1v) is 6.96. The summed E-state index contributed by atoms with van der Waals surface area (Å²) in [5, 5.41) is 21.5. The van der Waals surface area contributed by atoms with E-state index in [1.54, 1.807) is 33.9 Å². The average molecular weight is 313 g/mol. The Bertz CT molecular complexity index is 810. The lowest BCUT2D eigenvalue weighted by atomic mass is 10.1. The number of hydrogen-bond donors (Lipinski definition) is 1. The third-order valence-corrected chi connectivity index (χ3v) is 3.38. The second kappa shape index (κ2) is 6.30. The summed E-state index contributed by atoms with van der Waals surface area (Å²) >= 11 is 0. The van der Waals surface area contributed by atoms with Crippen LogP contribution in [0.1, 0.15) is 10.4 Å². The van der Waals surface area contributed by atoms with Crippen molar-refractivity contribution in [3.63, 3.8) is 0 Å². The van der Waals surface area contributed by atoms with Gasteiger partial charge in [-0.2, -0.15) is 5.10 Å². The van der Waals surface area contributed by atoms with E-state index in [0.717, 1.165) is 0 Å². The van der Waals surface area contributed by atoms with E-state index in [0.29, 0.717) is 30.1 Å². The summed E-state index contributed by atoms with van der Waals surface area (Å²) in [6.45, 7) is 1.30. The van der Waals surface area contributed by atoms with Crippen LogP contribution in [-0.2, 0) is 13.1 Å². The Labute approximate surface area is 131 Å². The Kier molecular flexibility index (Phi) is 4.05. The highest BCUT2D eigenvalue weighted by atomic mass is 16.5. The first-order chi connectivity index (χ1) is 11.2. The van der Waals surface area contributed by atoms with Crippen LogP contribution in [0.3, 0.4) is 0 Å². The summed E-state index contributed by atoms with van der Waals surface area (Å²) in [5.41, 5.74) is 1.38. The molecule has 3 aromatic rings. The molecule has 0 aliphatic rings. The number of rotatable bonds is 6. The number of hydrogen-bond acceptors (Lipinski definition) is 5. The van der Waals surface area contributed by atoms with Crippen molar-refractivity contribution in [1.82, 2.24) is 24.8 Å². The van der Waals surface area contributed by atoms with Crippen LogP contribution in [-0.4, -0.2) is 43.0 Å². The van der Waals surface area contributed by atoms with Crippen LogP contribution < -0.4 is 4.74 Å². The minimum absolute atomic E-state index is 0.0936. The molecule has 8 heteroatoms. The molecule has 0 fully saturated rings. The third kappa shape index (κ3) is 3.20. The number of aromatic nitrogens is 5. The van der Waals surface area contributed by atoms with Crippen molar-refractivity contribution in [2.24, 2.45) is 0 Å². The van der Waals surface area contributed by atoms with Gasteiger partial charge in [0.1, 0.15) is 17.0 Å². The van der Waals surface area contributed by atoms with Crippen molar-refractivity contribution in [1.29, 1.82) is 0 Å². The number of nitrogens with zero attached hydrogens (tertiary/aromatic N) is 5. The largest absolute Gasteiger partial charge is 0.496 e. The number of ether oxygens (including phenoxy) is 1. The van der Waals surface area contributed by atoms with Gasteiger partial charge in [-0.25, -0.2) is 4.79 Å². The van der Waals surface area contributed by atoms with Gasteiger partial charge in [0.15, 0.2) is 0 Å². The van der Waals surface area contributed by atoms with Crippen molar-refractivity contribution in [2.75, 3.05) is 7.11 Å². The number of aromatic carboxylic acids is 1. The smallest absolute Gasteiger partial charge is 0.339 e. The Morgan fingerprint density at radius 2 is 2.13 bits per heavy atom. The highest BCUT2D eigenvalue weighted by Gasteiger charge is 2.14. The van der Waals surface area contributed by atoms with Crippen LogP contribution in [0.15, 0.2) is 42.9 Å². The molecule has 0 atom stereocenters. The molecule has 3 rings (SSSR count). The van der Waals surface area contributed by atoms with Crippen LogP contribution in [0.4, 0.5) is 0 Å². The van der Waals surface area contributed by atoms with Crippen molar-refractivity contribution >= 4 is 5.97 Å². The topological polar surface area (TPSA) is 95.1 Å².